The Labute approximate surface area is 117 Å². The number of nitrogens with one attached hydrogen (secondary N) is 1. The van der Waals surface area contributed by atoms with Gasteiger partial charge in [-0.2, -0.15) is 0 Å². The van der Waals surface area contributed by atoms with E-state index < -0.39 is 0 Å². The fraction of sp³-hybridized carbons (Fsp3) is 0.647. The van der Waals surface area contributed by atoms with Crippen molar-refractivity contribution in [3.8, 4) is 5.75 Å². The zero-order valence-electron chi connectivity index (χ0n) is 12.5. The van der Waals surface area contributed by atoms with Crippen molar-refractivity contribution in [2.75, 3.05) is 14.2 Å². The molecule has 1 N–H and O–H groups in total. The largest absolute Gasteiger partial charge is 0.496 e. The van der Waals surface area contributed by atoms with E-state index in [1.54, 1.807) is 7.11 Å². The molecule has 3 atom stereocenters. The van der Waals surface area contributed by atoms with Crippen LogP contribution in [0.1, 0.15) is 50.6 Å². The first-order chi connectivity index (χ1) is 9.31. The van der Waals surface area contributed by atoms with Crippen molar-refractivity contribution >= 4 is 0 Å². The van der Waals surface area contributed by atoms with Crippen LogP contribution in [-0.4, -0.2) is 14.2 Å². The third-order valence-electron chi connectivity index (χ3n) is 4.71. The summed E-state index contributed by atoms with van der Waals surface area (Å²) >= 11 is 0. The minimum absolute atomic E-state index is 0.418. The Morgan fingerprint density at radius 3 is 2.68 bits per heavy atom. The summed E-state index contributed by atoms with van der Waals surface area (Å²) in [5.41, 5.74) is 1.32. The van der Waals surface area contributed by atoms with Crippen molar-refractivity contribution in [2.24, 2.45) is 11.8 Å². The van der Waals surface area contributed by atoms with Gasteiger partial charge in [-0.25, -0.2) is 0 Å². The molecule has 1 aromatic carbocycles. The molecule has 2 rings (SSSR count). The van der Waals surface area contributed by atoms with Gasteiger partial charge in [-0.05, 0) is 31.4 Å². The van der Waals surface area contributed by atoms with Gasteiger partial charge >= 0.3 is 0 Å². The maximum atomic E-state index is 5.55. The van der Waals surface area contributed by atoms with Crippen LogP contribution >= 0.6 is 0 Å². The van der Waals surface area contributed by atoms with E-state index in [2.05, 4.69) is 37.5 Å². The Hall–Kier alpha value is -1.02. The van der Waals surface area contributed by atoms with Gasteiger partial charge in [-0.15, -0.1) is 0 Å². The molecule has 1 saturated carbocycles. The maximum absolute atomic E-state index is 5.55. The van der Waals surface area contributed by atoms with E-state index in [9.17, 15) is 0 Å². The lowest BCUT2D eigenvalue weighted by atomic mass is 9.72. The number of para-hydroxylation sites is 1. The monoisotopic (exact) mass is 261 g/mol. The first-order valence-corrected chi connectivity index (χ1v) is 7.62. The van der Waals surface area contributed by atoms with Crippen LogP contribution in [0.3, 0.4) is 0 Å². The van der Waals surface area contributed by atoms with Crippen LogP contribution in [0.4, 0.5) is 0 Å². The molecule has 0 aromatic heterocycles. The van der Waals surface area contributed by atoms with E-state index in [0.717, 1.165) is 17.6 Å². The summed E-state index contributed by atoms with van der Waals surface area (Å²) in [6, 6.07) is 8.87. The van der Waals surface area contributed by atoms with Crippen molar-refractivity contribution in [3.63, 3.8) is 0 Å². The molecule has 0 amide bonds. The van der Waals surface area contributed by atoms with Crippen LogP contribution in [0.2, 0.25) is 0 Å². The summed E-state index contributed by atoms with van der Waals surface area (Å²) in [6.07, 6.45) is 6.78. The minimum Gasteiger partial charge on any atom is -0.496 e. The minimum atomic E-state index is 0.418. The van der Waals surface area contributed by atoms with Gasteiger partial charge < -0.3 is 10.1 Å². The molecule has 2 nitrogen and oxygen atoms in total. The number of rotatable bonds is 5. The molecule has 0 saturated heterocycles. The predicted octanol–water partition coefficient (Wildman–Crippen LogP) is 4.17. The van der Waals surface area contributed by atoms with E-state index in [0.29, 0.717) is 6.04 Å². The second kappa shape index (κ2) is 6.95. The van der Waals surface area contributed by atoms with Crippen molar-refractivity contribution in [2.45, 2.75) is 45.1 Å². The molecule has 3 unspecified atom stereocenters. The average Bonchev–Trinajstić information content (AvgIpc) is 2.49. The number of hydrogen-bond donors (Lipinski definition) is 1. The highest BCUT2D eigenvalue weighted by Gasteiger charge is 2.32. The van der Waals surface area contributed by atoms with Crippen LogP contribution in [0.25, 0.3) is 0 Å². The third-order valence-corrected chi connectivity index (χ3v) is 4.71. The Morgan fingerprint density at radius 1 is 1.26 bits per heavy atom. The van der Waals surface area contributed by atoms with Gasteiger partial charge in [0, 0.05) is 11.6 Å². The van der Waals surface area contributed by atoms with Crippen LogP contribution in [0.15, 0.2) is 24.3 Å². The molecule has 1 aromatic rings. The Bertz CT molecular complexity index is 391. The highest BCUT2D eigenvalue weighted by atomic mass is 16.5. The molecular formula is C17H27NO. The summed E-state index contributed by atoms with van der Waals surface area (Å²) in [5, 5.41) is 3.55. The van der Waals surface area contributed by atoms with E-state index in [-0.39, 0.29) is 0 Å². The van der Waals surface area contributed by atoms with Crippen molar-refractivity contribution < 1.29 is 4.74 Å². The lowest BCUT2D eigenvalue weighted by molar-refractivity contribution is 0.178. The smallest absolute Gasteiger partial charge is 0.123 e. The van der Waals surface area contributed by atoms with Gasteiger partial charge in [0.25, 0.3) is 0 Å². The van der Waals surface area contributed by atoms with Crippen LogP contribution in [0, 0.1) is 11.8 Å². The molecule has 1 aliphatic rings. The van der Waals surface area contributed by atoms with E-state index in [1.165, 1.54) is 37.7 Å². The van der Waals surface area contributed by atoms with Gasteiger partial charge in [0.05, 0.1) is 7.11 Å². The molecule has 1 aliphatic carbocycles. The van der Waals surface area contributed by atoms with Gasteiger partial charge in [-0.1, -0.05) is 50.8 Å². The van der Waals surface area contributed by atoms with E-state index in [4.69, 9.17) is 4.74 Å². The molecule has 1 fully saturated rings. The Kier molecular flexibility index (Phi) is 5.26. The highest BCUT2D eigenvalue weighted by Crippen LogP contribution is 2.42. The molecule has 106 valence electrons. The van der Waals surface area contributed by atoms with Gasteiger partial charge in [0.15, 0.2) is 0 Å². The molecule has 0 bridgehead atoms. The fourth-order valence-electron chi connectivity index (χ4n) is 3.71. The van der Waals surface area contributed by atoms with Gasteiger partial charge in [0.1, 0.15) is 5.75 Å². The van der Waals surface area contributed by atoms with Crippen molar-refractivity contribution in [3.05, 3.63) is 29.8 Å². The van der Waals surface area contributed by atoms with Gasteiger partial charge in [0.2, 0.25) is 0 Å². The summed E-state index contributed by atoms with van der Waals surface area (Å²) in [7, 11) is 3.85. The van der Waals surface area contributed by atoms with E-state index in [1.807, 2.05) is 6.07 Å². The predicted molar refractivity (Wildman–Crippen MR) is 80.5 cm³/mol. The topological polar surface area (TPSA) is 21.3 Å². The Morgan fingerprint density at radius 2 is 2.00 bits per heavy atom. The molecule has 0 radical (unpaired) electrons. The molecule has 2 heteroatoms. The zero-order valence-corrected chi connectivity index (χ0v) is 12.5. The fourth-order valence-corrected chi connectivity index (χ4v) is 3.71. The SMILES string of the molecule is CCC1CCCCC1C(NC)c1ccccc1OC. The summed E-state index contributed by atoms with van der Waals surface area (Å²) in [5.74, 6) is 2.60. The Balaban J connectivity index is 2.27. The molecule has 19 heavy (non-hydrogen) atoms. The third kappa shape index (κ3) is 3.11. The van der Waals surface area contributed by atoms with Crippen LogP contribution in [0.5, 0.6) is 5.75 Å². The number of ether oxygens (including phenoxy) is 1. The van der Waals surface area contributed by atoms with Crippen molar-refractivity contribution in [1.82, 2.24) is 5.32 Å². The van der Waals surface area contributed by atoms with Gasteiger partial charge in [-0.3, -0.25) is 0 Å². The molecule has 0 spiro atoms. The lowest BCUT2D eigenvalue weighted by Crippen LogP contribution is -2.32. The number of methoxy groups -OCH3 is 1. The zero-order chi connectivity index (χ0) is 13.7. The maximum Gasteiger partial charge on any atom is 0.123 e. The van der Waals surface area contributed by atoms with E-state index >= 15 is 0 Å². The average molecular weight is 261 g/mol. The van der Waals surface area contributed by atoms with Crippen LogP contribution in [-0.2, 0) is 0 Å². The standard InChI is InChI=1S/C17H27NO/c1-4-13-9-5-6-10-14(13)17(18-2)15-11-7-8-12-16(15)19-3/h7-8,11-14,17-18H,4-6,9-10H2,1-3H3. The molecule has 0 heterocycles. The molecule has 0 aliphatic heterocycles. The first-order valence-electron chi connectivity index (χ1n) is 7.62. The lowest BCUT2D eigenvalue weighted by Gasteiger charge is -2.37. The summed E-state index contributed by atoms with van der Waals surface area (Å²) in [4.78, 5) is 0. The second-order valence-electron chi connectivity index (χ2n) is 5.62. The number of hydrogen-bond acceptors (Lipinski definition) is 2. The summed E-state index contributed by atoms with van der Waals surface area (Å²) < 4.78 is 5.55. The second-order valence-corrected chi connectivity index (χ2v) is 5.62. The normalized spacial score (nSPS) is 25.0. The van der Waals surface area contributed by atoms with Crippen molar-refractivity contribution in [1.29, 1.82) is 0 Å². The molecular weight excluding hydrogens is 234 g/mol. The highest BCUT2D eigenvalue weighted by molar-refractivity contribution is 5.36. The quantitative estimate of drug-likeness (QED) is 0.859. The first kappa shape index (κ1) is 14.4. The summed E-state index contributed by atoms with van der Waals surface area (Å²) in [6.45, 7) is 2.33. The van der Waals surface area contributed by atoms with Crippen LogP contribution < -0.4 is 10.1 Å². The number of benzene rings is 1.